The lowest BCUT2D eigenvalue weighted by atomic mass is 10.1. The van der Waals surface area contributed by atoms with E-state index >= 15 is 0 Å². The Hall–Kier alpha value is -1.77. The molecule has 0 bridgehead atoms. The van der Waals surface area contributed by atoms with Gasteiger partial charge in [-0.1, -0.05) is 31.1 Å². The Morgan fingerprint density at radius 2 is 2.08 bits per heavy atom. The zero-order valence-electron chi connectivity index (χ0n) is 15.0. The highest BCUT2D eigenvalue weighted by Gasteiger charge is 2.07. The van der Waals surface area contributed by atoms with Crippen LogP contribution in [0.1, 0.15) is 43.7 Å². The van der Waals surface area contributed by atoms with E-state index in [0.717, 1.165) is 42.5 Å². The molecule has 25 heavy (non-hydrogen) atoms. The second kappa shape index (κ2) is 11.0. The number of phenols is 1. The predicted octanol–water partition coefficient (Wildman–Crippen LogP) is 3.42. The first-order chi connectivity index (χ1) is 11.6. The van der Waals surface area contributed by atoms with Gasteiger partial charge in [-0.15, -0.1) is 24.0 Å². The van der Waals surface area contributed by atoms with Gasteiger partial charge in [-0.05, 0) is 37.0 Å². The molecule has 1 aromatic heterocycles. The summed E-state index contributed by atoms with van der Waals surface area (Å²) in [6, 6.07) is 9.23. The average Bonchev–Trinajstić information content (AvgIpc) is 3.02. The molecule has 0 atom stereocenters. The van der Waals surface area contributed by atoms with Crippen molar-refractivity contribution in [1.29, 1.82) is 0 Å². The monoisotopic (exact) mass is 458 g/mol. The third-order valence-corrected chi connectivity index (χ3v) is 3.52. The Bertz CT molecular complexity index is 671. The fourth-order valence-corrected chi connectivity index (χ4v) is 2.21. The quantitative estimate of drug-likeness (QED) is 0.337. The highest BCUT2D eigenvalue weighted by Crippen LogP contribution is 2.14. The van der Waals surface area contributed by atoms with Crippen molar-refractivity contribution in [2.45, 2.75) is 39.7 Å². The number of phenolic OH excluding ortho intramolecular Hbond substituents is 1. The number of rotatable bonds is 7. The van der Waals surface area contributed by atoms with Crippen LogP contribution in [0, 0.1) is 0 Å². The van der Waals surface area contributed by atoms with Gasteiger partial charge in [0.2, 0.25) is 0 Å². The van der Waals surface area contributed by atoms with Crippen molar-refractivity contribution >= 4 is 29.9 Å². The smallest absolute Gasteiger partial charge is 0.191 e. The molecule has 138 valence electrons. The molecule has 0 aliphatic carbocycles. The lowest BCUT2D eigenvalue weighted by molar-refractivity contribution is 0.376. The van der Waals surface area contributed by atoms with Crippen LogP contribution in [-0.4, -0.2) is 29.3 Å². The van der Waals surface area contributed by atoms with E-state index < -0.39 is 0 Å². The first kappa shape index (κ1) is 21.3. The van der Waals surface area contributed by atoms with Crippen LogP contribution in [0.4, 0.5) is 0 Å². The van der Waals surface area contributed by atoms with Crippen LogP contribution in [0.3, 0.4) is 0 Å². The molecule has 0 saturated carbocycles. The number of guanidine groups is 1. The third-order valence-electron chi connectivity index (χ3n) is 3.52. The number of aromatic hydroxyl groups is 1. The summed E-state index contributed by atoms with van der Waals surface area (Å²) < 4.78 is 5.30. The van der Waals surface area contributed by atoms with E-state index in [4.69, 9.17) is 4.52 Å². The molecule has 2 aromatic rings. The Morgan fingerprint density at radius 3 is 2.72 bits per heavy atom. The first-order valence-electron chi connectivity index (χ1n) is 8.34. The van der Waals surface area contributed by atoms with Crippen LogP contribution in [0.5, 0.6) is 5.75 Å². The van der Waals surface area contributed by atoms with Gasteiger partial charge in [0.1, 0.15) is 12.3 Å². The van der Waals surface area contributed by atoms with Crippen LogP contribution in [0.2, 0.25) is 0 Å². The van der Waals surface area contributed by atoms with Gasteiger partial charge >= 0.3 is 0 Å². The van der Waals surface area contributed by atoms with Crippen molar-refractivity contribution in [1.82, 2.24) is 15.8 Å². The maximum absolute atomic E-state index is 9.48. The van der Waals surface area contributed by atoms with E-state index in [2.05, 4.69) is 34.6 Å². The molecule has 7 heteroatoms. The largest absolute Gasteiger partial charge is 0.508 e. The summed E-state index contributed by atoms with van der Waals surface area (Å²) in [5.41, 5.74) is 2.03. The maximum atomic E-state index is 9.48. The topological polar surface area (TPSA) is 82.7 Å². The molecule has 0 aliphatic heterocycles. The van der Waals surface area contributed by atoms with E-state index in [9.17, 15) is 5.11 Å². The summed E-state index contributed by atoms with van der Waals surface area (Å²) in [6.45, 7) is 8.14. The molecule has 2 rings (SSSR count). The van der Waals surface area contributed by atoms with Crippen molar-refractivity contribution < 1.29 is 9.63 Å². The Balaban J connectivity index is 0.00000312. The van der Waals surface area contributed by atoms with E-state index in [1.165, 1.54) is 0 Å². The summed E-state index contributed by atoms with van der Waals surface area (Å²) >= 11 is 0. The summed E-state index contributed by atoms with van der Waals surface area (Å²) in [5, 5.41) is 20.0. The lowest BCUT2D eigenvalue weighted by Gasteiger charge is -2.11. The highest BCUT2D eigenvalue weighted by molar-refractivity contribution is 14.0. The second-order valence-corrected chi connectivity index (χ2v) is 5.91. The van der Waals surface area contributed by atoms with Crippen LogP contribution in [-0.2, 0) is 13.0 Å². The fraction of sp³-hybridized carbons (Fsp3) is 0.444. The first-order valence-corrected chi connectivity index (χ1v) is 8.34. The average molecular weight is 458 g/mol. The molecule has 1 heterocycles. The molecule has 6 nitrogen and oxygen atoms in total. The van der Waals surface area contributed by atoms with Gasteiger partial charge in [-0.2, -0.15) is 0 Å². The maximum Gasteiger partial charge on any atom is 0.191 e. The summed E-state index contributed by atoms with van der Waals surface area (Å²) in [6.07, 6.45) is 0.804. The molecular weight excluding hydrogens is 431 g/mol. The molecule has 0 amide bonds. The number of aliphatic imine (C=N–C) groups is 1. The number of benzene rings is 1. The van der Waals surface area contributed by atoms with Crippen LogP contribution in [0.15, 0.2) is 39.8 Å². The molecular formula is C18H27IN4O2. The minimum atomic E-state index is 0. The number of aromatic nitrogens is 1. The minimum absolute atomic E-state index is 0. The van der Waals surface area contributed by atoms with Gasteiger partial charge in [0.15, 0.2) is 11.7 Å². The SMILES string of the molecule is CCNC(=NCc1cc(C(C)C)no1)NCCc1cccc(O)c1.I. The van der Waals surface area contributed by atoms with Crippen molar-refractivity contribution in [2.75, 3.05) is 13.1 Å². The lowest BCUT2D eigenvalue weighted by Crippen LogP contribution is -2.38. The molecule has 0 fully saturated rings. The molecule has 0 aliphatic rings. The Morgan fingerprint density at radius 1 is 1.28 bits per heavy atom. The number of nitrogens with zero attached hydrogens (tertiary/aromatic N) is 2. The van der Waals surface area contributed by atoms with Gasteiger partial charge in [0.05, 0.1) is 5.69 Å². The van der Waals surface area contributed by atoms with Crippen molar-refractivity contribution in [3.05, 3.63) is 47.3 Å². The van der Waals surface area contributed by atoms with Gasteiger partial charge in [0.25, 0.3) is 0 Å². The fourth-order valence-electron chi connectivity index (χ4n) is 2.21. The van der Waals surface area contributed by atoms with E-state index in [-0.39, 0.29) is 24.0 Å². The summed E-state index contributed by atoms with van der Waals surface area (Å²) in [5.74, 6) is 2.13. The van der Waals surface area contributed by atoms with E-state index in [0.29, 0.717) is 18.2 Å². The van der Waals surface area contributed by atoms with Crippen molar-refractivity contribution in [3.63, 3.8) is 0 Å². The predicted molar refractivity (Wildman–Crippen MR) is 111 cm³/mol. The number of nitrogens with one attached hydrogen (secondary N) is 2. The van der Waals surface area contributed by atoms with Crippen molar-refractivity contribution in [3.8, 4) is 5.75 Å². The summed E-state index contributed by atoms with van der Waals surface area (Å²) in [7, 11) is 0. The molecule has 3 N–H and O–H groups in total. The standard InChI is InChI=1S/C18H26N4O2.HI/c1-4-19-18(20-9-8-14-6-5-7-15(23)10-14)21-12-16-11-17(13(2)3)22-24-16;/h5-7,10-11,13,23H,4,8-9,12H2,1-3H3,(H2,19,20,21);1H. The zero-order valence-corrected chi connectivity index (χ0v) is 17.3. The molecule has 0 radical (unpaired) electrons. The number of hydrogen-bond acceptors (Lipinski definition) is 4. The van der Waals surface area contributed by atoms with Gasteiger partial charge in [-0.25, -0.2) is 4.99 Å². The molecule has 0 saturated heterocycles. The normalized spacial score (nSPS) is 11.3. The van der Waals surface area contributed by atoms with Crippen molar-refractivity contribution in [2.24, 2.45) is 4.99 Å². The molecule has 0 unspecified atom stereocenters. The van der Waals surface area contributed by atoms with Crippen LogP contribution < -0.4 is 10.6 Å². The highest BCUT2D eigenvalue weighted by atomic mass is 127. The summed E-state index contributed by atoms with van der Waals surface area (Å²) in [4.78, 5) is 4.52. The van der Waals surface area contributed by atoms with Gasteiger partial charge in [0, 0.05) is 19.2 Å². The van der Waals surface area contributed by atoms with Gasteiger partial charge in [-0.3, -0.25) is 0 Å². The second-order valence-electron chi connectivity index (χ2n) is 5.91. The number of hydrogen-bond donors (Lipinski definition) is 3. The number of halogens is 1. The van der Waals surface area contributed by atoms with Crippen LogP contribution >= 0.6 is 24.0 Å². The third kappa shape index (κ3) is 7.33. The Kier molecular flexibility index (Phi) is 9.33. The van der Waals surface area contributed by atoms with Crippen LogP contribution in [0.25, 0.3) is 0 Å². The van der Waals surface area contributed by atoms with E-state index in [1.54, 1.807) is 12.1 Å². The zero-order chi connectivity index (χ0) is 17.4. The molecule has 1 aromatic carbocycles. The minimum Gasteiger partial charge on any atom is -0.508 e. The molecule has 0 spiro atoms. The van der Waals surface area contributed by atoms with Gasteiger partial charge < -0.3 is 20.3 Å². The van der Waals surface area contributed by atoms with E-state index in [1.807, 2.05) is 25.1 Å². The Labute approximate surface area is 166 Å².